The van der Waals surface area contributed by atoms with Crippen molar-refractivity contribution in [1.82, 2.24) is 0 Å². The number of thioether (sulfide) groups is 1. The predicted molar refractivity (Wildman–Crippen MR) is 124 cm³/mol. The highest BCUT2D eigenvalue weighted by Crippen LogP contribution is 2.42. The number of benzene rings is 3. The molecule has 3 aromatic carbocycles. The number of halogens is 2. The van der Waals surface area contributed by atoms with Crippen LogP contribution in [0.2, 0.25) is 0 Å². The lowest BCUT2D eigenvalue weighted by atomic mass is 9.82. The van der Waals surface area contributed by atoms with Gasteiger partial charge in [-0.1, -0.05) is 68.1 Å². The highest BCUT2D eigenvalue weighted by atomic mass is 32.2. The highest BCUT2D eigenvalue weighted by Gasteiger charge is 2.35. The van der Waals surface area contributed by atoms with Gasteiger partial charge in [0.2, 0.25) is 0 Å². The summed E-state index contributed by atoms with van der Waals surface area (Å²) >= 11 is 0.434. The van der Waals surface area contributed by atoms with E-state index in [9.17, 15) is 23.9 Å². The molecule has 0 bridgehead atoms. The largest absolute Gasteiger partial charge is 0.481 e. The maximum atomic E-state index is 14.0. The number of hydrogen-bond acceptors (Lipinski definition) is 4. The van der Waals surface area contributed by atoms with Crippen LogP contribution in [0.3, 0.4) is 0 Å². The second-order valence-corrected chi connectivity index (χ2v) is 9.02. The molecule has 3 rings (SSSR count). The van der Waals surface area contributed by atoms with Gasteiger partial charge in [-0.3, -0.25) is 4.79 Å². The summed E-state index contributed by atoms with van der Waals surface area (Å²) in [5, 5.41) is 16.8. The van der Waals surface area contributed by atoms with Gasteiger partial charge in [0.1, 0.15) is 17.4 Å². The number of nitriles is 1. The van der Waals surface area contributed by atoms with Crippen molar-refractivity contribution in [2.24, 2.45) is 5.92 Å². The Morgan fingerprint density at radius 2 is 1.61 bits per heavy atom. The van der Waals surface area contributed by atoms with Gasteiger partial charge in [0.25, 0.3) is 5.25 Å². The van der Waals surface area contributed by atoms with Crippen molar-refractivity contribution in [1.29, 1.82) is 5.26 Å². The highest BCUT2D eigenvalue weighted by molar-refractivity contribution is 8.00. The van der Waals surface area contributed by atoms with E-state index in [0.717, 1.165) is 0 Å². The SMILES string of the molecule is CC(C)C(F)(F)Sc1ccc(C(C(=O)O)C(C#N)c2cccc(Oc3ccccc3)c2)cc1. The first-order chi connectivity index (χ1) is 15.7. The zero-order valence-corrected chi connectivity index (χ0v) is 18.9. The lowest BCUT2D eigenvalue weighted by Gasteiger charge is -2.21. The van der Waals surface area contributed by atoms with E-state index >= 15 is 0 Å². The van der Waals surface area contributed by atoms with E-state index in [-0.39, 0.29) is 0 Å². The lowest BCUT2D eigenvalue weighted by molar-refractivity contribution is -0.139. The number of ether oxygens (including phenoxy) is 1. The molecule has 33 heavy (non-hydrogen) atoms. The Labute approximate surface area is 195 Å². The minimum atomic E-state index is -2.94. The molecule has 2 unspecified atom stereocenters. The summed E-state index contributed by atoms with van der Waals surface area (Å²) in [6.45, 7) is 2.88. The van der Waals surface area contributed by atoms with Gasteiger partial charge in [-0.15, -0.1) is 0 Å². The molecule has 0 aromatic heterocycles. The van der Waals surface area contributed by atoms with Gasteiger partial charge < -0.3 is 9.84 Å². The summed E-state index contributed by atoms with van der Waals surface area (Å²) in [5.74, 6) is -3.11. The summed E-state index contributed by atoms with van der Waals surface area (Å²) in [5.41, 5.74) is 0.851. The smallest absolute Gasteiger partial charge is 0.312 e. The molecule has 1 N–H and O–H groups in total. The molecule has 0 fully saturated rings. The topological polar surface area (TPSA) is 70.3 Å². The Kier molecular flexibility index (Phi) is 7.72. The van der Waals surface area contributed by atoms with Crippen LogP contribution in [0.25, 0.3) is 0 Å². The van der Waals surface area contributed by atoms with Crippen LogP contribution in [0.5, 0.6) is 11.5 Å². The first-order valence-corrected chi connectivity index (χ1v) is 11.1. The van der Waals surface area contributed by atoms with E-state index in [1.165, 1.54) is 38.1 Å². The molecule has 0 spiro atoms. The molecule has 0 amide bonds. The molecular weight excluding hydrogens is 444 g/mol. The van der Waals surface area contributed by atoms with Crippen LogP contribution >= 0.6 is 11.8 Å². The summed E-state index contributed by atoms with van der Waals surface area (Å²) < 4.78 is 33.9. The number of carboxylic acid groups (broad SMARTS) is 1. The number of rotatable bonds is 9. The molecule has 170 valence electrons. The van der Waals surface area contributed by atoms with E-state index in [1.54, 1.807) is 36.4 Å². The minimum Gasteiger partial charge on any atom is -0.481 e. The normalized spacial score (nSPS) is 13.2. The van der Waals surface area contributed by atoms with Gasteiger partial charge in [0.15, 0.2) is 0 Å². The summed E-state index contributed by atoms with van der Waals surface area (Å²) in [7, 11) is 0. The van der Waals surface area contributed by atoms with Crippen LogP contribution in [0.1, 0.15) is 36.8 Å². The van der Waals surface area contributed by atoms with Gasteiger partial charge in [-0.2, -0.15) is 14.0 Å². The zero-order chi connectivity index (χ0) is 24.0. The third-order valence-corrected chi connectivity index (χ3v) is 6.35. The van der Waals surface area contributed by atoms with Gasteiger partial charge in [0.05, 0.1) is 12.0 Å². The van der Waals surface area contributed by atoms with Gasteiger partial charge >= 0.3 is 5.97 Å². The number of para-hydroxylation sites is 1. The quantitative estimate of drug-likeness (QED) is 0.335. The van der Waals surface area contributed by atoms with Crippen molar-refractivity contribution in [3.63, 3.8) is 0 Å². The number of alkyl halides is 2. The third kappa shape index (κ3) is 6.11. The molecule has 0 saturated carbocycles. The van der Waals surface area contributed by atoms with Crippen molar-refractivity contribution < 1.29 is 23.4 Å². The van der Waals surface area contributed by atoms with Gasteiger partial charge in [0, 0.05) is 10.8 Å². The molecule has 0 aliphatic rings. The standard InChI is InChI=1S/C26H23F2NO3S/c1-17(2)26(27,28)33-22-13-11-18(12-14-22)24(25(30)31)23(16-29)19-7-6-10-21(15-19)32-20-8-4-3-5-9-20/h3-15,17,23-24H,1-2H3,(H,30,31). The number of nitrogens with zero attached hydrogens (tertiary/aromatic N) is 1. The molecule has 2 atom stereocenters. The average molecular weight is 468 g/mol. The molecule has 3 aromatic rings. The molecule has 4 nitrogen and oxygen atoms in total. The first kappa shape index (κ1) is 24.3. The molecule has 0 radical (unpaired) electrons. The fourth-order valence-corrected chi connectivity index (χ4v) is 4.06. The Morgan fingerprint density at radius 3 is 2.18 bits per heavy atom. The fraction of sp³-hybridized carbons (Fsp3) is 0.231. The summed E-state index contributed by atoms with van der Waals surface area (Å²) in [6.07, 6.45) is 0. The van der Waals surface area contributed by atoms with Crippen molar-refractivity contribution in [3.05, 3.63) is 90.0 Å². The molecule has 0 heterocycles. The van der Waals surface area contributed by atoms with Crippen molar-refractivity contribution in [2.75, 3.05) is 0 Å². The fourth-order valence-electron chi connectivity index (χ4n) is 3.23. The molecule has 0 saturated heterocycles. The Balaban J connectivity index is 1.87. The predicted octanol–water partition coefficient (Wildman–Crippen LogP) is 7.30. The van der Waals surface area contributed by atoms with E-state index in [4.69, 9.17) is 4.74 Å². The molecule has 7 heteroatoms. The zero-order valence-electron chi connectivity index (χ0n) is 18.1. The minimum absolute atomic E-state index is 0.327. The van der Waals surface area contributed by atoms with Gasteiger partial charge in [-0.05, 0) is 47.5 Å². The van der Waals surface area contributed by atoms with Crippen LogP contribution in [0, 0.1) is 17.2 Å². The number of carbonyl (C=O) groups is 1. The van der Waals surface area contributed by atoms with Crippen LogP contribution < -0.4 is 4.74 Å². The van der Waals surface area contributed by atoms with Crippen molar-refractivity contribution >= 4 is 17.7 Å². The number of aliphatic carboxylic acids is 1. The Hall–Kier alpha value is -3.37. The number of carboxylic acids is 1. The van der Waals surface area contributed by atoms with E-state index in [0.29, 0.717) is 39.3 Å². The Morgan fingerprint density at radius 1 is 0.970 bits per heavy atom. The molecule has 0 aliphatic heterocycles. The first-order valence-electron chi connectivity index (χ1n) is 10.3. The maximum Gasteiger partial charge on any atom is 0.312 e. The van der Waals surface area contributed by atoms with E-state index in [1.807, 2.05) is 18.2 Å². The van der Waals surface area contributed by atoms with Crippen molar-refractivity contribution in [2.45, 2.75) is 35.8 Å². The molecule has 0 aliphatic carbocycles. The van der Waals surface area contributed by atoms with Crippen LogP contribution in [0.15, 0.2) is 83.8 Å². The van der Waals surface area contributed by atoms with Crippen LogP contribution in [0.4, 0.5) is 8.78 Å². The third-order valence-electron chi connectivity index (χ3n) is 5.10. The lowest BCUT2D eigenvalue weighted by Crippen LogP contribution is -2.20. The van der Waals surface area contributed by atoms with Crippen LogP contribution in [-0.4, -0.2) is 16.3 Å². The second kappa shape index (κ2) is 10.5. The summed E-state index contributed by atoms with van der Waals surface area (Å²) in [6, 6.07) is 23.9. The van der Waals surface area contributed by atoms with Crippen LogP contribution in [-0.2, 0) is 4.79 Å². The monoisotopic (exact) mass is 467 g/mol. The van der Waals surface area contributed by atoms with E-state index in [2.05, 4.69) is 6.07 Å². The maximum absolute atomic E-state index is 14.0. The second-order valence-electron chi connectivity index (χ2n) is 7.80. The average Bonchev–Trinajstić information content (AvgIpc) is 2.78. The van der Waals surface area contributed by atoms with E-state index < -0.39 is 29.0 Å². The summed E-state index contributed by atoms with van der Waals surface area (Å²) in [4.78, 5) is 12.5. The van der Waals surface area contributed by atoms with Crippen molar-refractivity contribution in [3.8, 4) is 17.6 Å². The number of hydrogen-bond donors (Lipinski definition) is 1. The Bertz CT molecular complexity index is 1130. The van der Waals surface area contributed by atoms with Gasteiger partial charge in [-0.25, -0.2) is 0 Å². The molecular formula is C26H23F2NO3S.